The topological polar surface area (TPSA) is 67.4 Å². The van der Waals surface area contributed by atoms with Crippen molar-refractivity contribution in [2.24, 2.45) is 5.92 Å². The molecule has 5 nitrogen and oxygen atoms in total. The number of ether oxygens (including phenoxy) is 1. The van der Waals surface area contributed by atoms with Gasteiger partial charge in [-0.2, -0.15) is 0 Å². The summed E-state index contributed by atoms with van der Waals surface area (Å²) in [4.78, 5) is 23.5. The minimum absolute atomic E-state index is 0.0744. The van der Waals surface area contributed by atoms with E-state index < -0.39 is 11.8 Å². The molecule has 1 heterocycles. The fourth-order valence-corrected chi connectivity index (χ4v) is 2.86. The van der Waals surface area contributed by atoms with E-state index in [4.69, 9.17) is 4.74 Å². The Morgan fingerprint density at radius 3 is 2.58 bits per heavy atom. The Balaban J connectivity index is 1.70. The molecule has 19 heavy (non-hydrogen) atoms. The van der Waals surface area contributed by atoms with Gasteiger partial charge in [0.15, 0.2) is 0 Å². The van der Waals surface area contributed by atoms with Gasteiger partial charge >= 0.3 is 11.8 Å². The second-order valence-electron chi connectivity index (χ2n) is 5.69. The van der Waals surface area contributed by atoms with E-state index in [9.17, 15) is 9.59 Å². The van der Waals surface area contributed by atoms with Crippen molar-refractivity contribution in [3.05, 3.63) is 0 Å². The fourth-order valence-electron chi connectivity index (χ4n) is 2.86. The highest BCUT2D eigenvalue weighted by Crippen LogP contribution is 2.23. The number of hydrogen-bond acceptors (Lipinski definition) is 3. The molecular weight excluding hydrogens is 244 g/mol. The van der Waals surface area contributed by atoms with Crippen LogP contribution in [0.3, 0.4) is 0 Å². The van der Waals surface area contributed by atoms with E-state index in [1.54, 1.807) is 0 Å². The highest BCUT2D eigenvalue weighted by atomic mass is 16.5. The lowest BCUT2D eigenvalue weighted by Gasteiger charge is -2.29. The molecule has 0 aromatic carbocycles. The number of carbonyl (C=O) groups excluding carboxylic acids is 2. The summed E-state index contributed by atoms with van der Waals surface area (Å²) in [6.07, 6.45) is 6.53. The Morgan fingerprint density at radius 2 is 1.89 bits per heavy atom. The molecule has 0 aromatic heterocycles. The first-order chi connectivity index (χ1) is 9.16. The van der Waals surface area contributed by atoms with Crippen molar-refractivity contribution >= 4 is 11.8 Å². The number of hydrogen-bond donors (Lipinski definition) is 2. The Hall–Kier alpha value is -1.10. The monoisotopic (exact) mass is 268 g/mol. The van der Waals surface area contributed by atoms with Crippen LogP contribution in [0.2, 0.25) is 0 Å². The Morgan fingerprint density at radius 1 is 1.11 bits per heavy atom. The average Bonchev–Trinajstić information content (AvgIpc) is 2.91. The van der Waals surface area contributed by atoms with Gasteiger partial charge in [-0.25, -0.2) is 0 Å². The minimum atomic E-state index is -0.534. The van der Waals surface area contributed by atoms with E-state index in [-0.39, 0.29) is 12.1 Å². The third-order valence-corrected chi connectivity index (χ3v) is 4.15. The van der Waals surface area contributed by atoms with Gasteiger partial charge in [-0.05, 0) is 31.6 Å². The third-order valence-electron chi connectivity index (χ3n) is 4.15. The lowest BCUT2D eigenvalue weighted by molar-refractivity contribution is -0.140. The molecule has 3 atom stereocenters. The summed E-state index contributed by atoms with van der Waals surface area (Å²) < 4.78 is 5.40. The van der Waals surface area contributed by atoms with Crippen molar-refractivity contribution in [3.63, 3.8) is 0 Å². The molecule has 1 saturated carbocycles. The predicted octanol–water partition coefficient (Wildman–Crippen LogP) is 0.976. The van der Waals surface area contributed by atoms with Gasteiger partial charge in [-0.3, -0.25) is 9.59 Å². The minimum Gasteiger partial charge on any atom is -0.376 e. The quantitative estimate of drug-likeness (QED) is 0.750. The van der Waals surface area contributed by atoms with Crippen LogP contribution in [-0.4, -0.2) is 37.1 Å². The molecule has 0 unspecified atom stereocenters. The maximum absolute atomic E-state index is 11.8. The first-order valence-corrected chi connectivity index (χ1v) is 7.37. The van der Waals surface area contributed by atoms with Crippen molar-refractivity contribution in [1.82, 2.24) is 10.6 Å². The Labute approximate surface area is 114 Å². The van der Waals surface area contributed by atoms with Crippen LogP contribution >= 0.6 is 0 Å². The number of nitrogens with one attached hydrogen (secondary N) is 2. The summed E-state index contributed by atoms with van der Waals surface area (Å²) >= 11 is 0. The van der Waals surface area contributed by atoms with Gasteiger partial charge in [-0.15, -0.1) is 0 Å². The van der Waals surface area contributed by atoms with Gasteiger partial charge in [0.05, 0.1) is 6.10 Å². The molecule has 1 saturated heterocycles. The molecule has 0 aromatic rings. The number of amides is 2. The average molecular weight is 268 g/mol. The van der Waals surface area contributed by atoms with Crippen molar-refractivity contribution < 1.29 is 14.3 Å². The zero-order chi connectivity index (χ0) is 13.7. The Bertz CT molecular complexity index is 327. The van der Waals surface area contributed by atoms with Crippen molar-refractivity contribution in [1.29, 1.82) is 0 Å². The molecule has 2 rings (SSSR count). The lowest BCUT2D eigenvalue weighted by Crippen LogP contribution is -2.48. The van der Waals surface area contributed by atoms with Crippen LogP contribution in [0.25, 0.3) is 0 Å². The molecule has 5 heteroatoms. The third kappa shape index (κ3) is 4.20. The highest BCUT2D eigenvalue weighted by Gasteiger charge is 2.26. The van der Waals surface area contributed by atoms with Crippen LogP contribution in [0.15, 0.2) is 0 Å². The van der Waals surface area contributed by atoms with Crippen LogP contribution in [0.1, 0.15) is 45.4 Å². The number of rotatable bonds is 3. The predicted molar refractivity (Wildman–Crippen MR) is 71.5 cm³/mol. The number of carbonyl (C=O) groups is 2. The van der Waals surface area contributed by atoms with Crippen LogP contribution < -0.4 is 10.6 Å². The summed E-state index contributed by atoms with van der Waals surface area (Å²) in [5.41, 5.74) is 0. The zero-order valence-electron chi connectivity index (χ0n) is 11.6. The van der Waals surface area contributed by atoms with E-state index in [0.29, 0.717) is 12.5 Å². The molecule has 2 amide bonds. The van der Waals surface area contributed by atoms with E-state index in [1.807, 2.05) is 0 Å². The standard InChI is InChI=1S/C14H24N2O3/c1-10-5-2-3-7-12(10)16-14(18)13(17)15-9-11-6-4-8-19-11/h10-12H,2-9H2,1H3,(H,15,17)(H,16,18)/t10-,11-,12+/m0/s1. The first-order valence-electron chi connectivity index (χ1n) is 7.37. The van der Waals surface area contributed by atoms with Crippen LogP contribution in [0.5, 0.6) is 0 Å². The Kier molecular flexibility index (Phi) is 5.19. The van der Waals surface area contributed by atoms with Crippen LogP contribution in [0, 0.1) is 5.92 Å². The molecule has 2 N–H and O–H groups in total. The highest BCUT2D eigenvalue weighted by molar-refractivity contribution is 6.35. The molecular formula is C14H24N2O3. The second kappa shape index (κ2) is 6.89. The summed E-state index contributed by atoms with van der Waals surface area (Å²) in [6, 6.07) is 0.148. The van der Waals surface area contributed by atoms with Gasteiger partial charge in [-0.1, -0.05) is 19.8 Å². The lowest BCUT2D eigenvalue weighted by atomic mass is 9.86. The van der Waals surface area contributed by atoms with Gasteiger partial charge in [0.25, 0.3) is 0 Å². The van der Waals surface area contributed by atoms with E-state index in [1.165, 1.54) is 6.42 Å². The molecule has 2 fully saturated rings. The molecule has 1 aliphatic heterocycles. The largest absolute Gasteiger partial charge is 0.376 e. The summed E-state index contributed by atoms with van der Waals surface area (Å²) in [5.74, 6) is -0.575. The zero-order valence-corrected chi connectivity index (χ0v) is 11.6. The van der Waals surface area contributed by atoms with Crippen LogP contribution in [-0.2, 0) is 14.3 Å². The summed E-state index contributed by atoms with van der Waals surface area (Å²) in [5, 5.41) is 5.50. The molecule has 108 valence electrons. The maximum Gasteiger partial charge on any atom is 0.309 e. The first kappa shape index (κ1) is 14.3. The maximum atomic E-state index is 11.8. The van der Waals surface area contributed by atoms with Gasteiger partial charge in [0, 0.05) is 19.2 Å². The van der Waals surface area contributed by atoms with Gasteiger partial charge in [0.2, 0.25) is 0 Å². The molecule has 0 radical (unpaired) electrons. The van der Waals surface area contributed by atoms with E-state index in [0.717, 1.165) is 38.7 Å². The van der Waals surface area contributed by atoms with Gasteiger partial charge in [0.1, 0.15) is 0 Å². The van der Waals surface area contributed by atoms with Crippen molar-refractivity contribution in [3.8, 4) is 0 Å². The summed E-state index contributed by atoms with van der Waals surface area (Å²) in [7, 11) is 0. The molecule has 0 spiro atoms. The SMILES string of the molecule is C[C@H]1CCCC[C@H]1NC(=O)C(=O)NC[C@@H]1CCCO1. The normalized spacial score (nSPS) is 30.9. The van der Waals surface area contributed by atoms with Crippen molar-refractivity contribution in [2.75, 3.05) is 13.2 Å². The molecule has 0 bridgehead atoms. The molecule has 2 aliphatic rings. The van der Waals surface area contributed by atoms with E-state index in [2.05, 4.69) is 17.6 Å². The van der Waals surface area contributed by atoms with Crippen molar-refractivity contribution in [2.45, 2.75) is 57.6 Å². The molecule has 1 aliphatic carbocycles. The summed E-state index contributed by atoms with van der Waals surface area (Å²) in [6.45, 7) is 3.33. The second-order valence-corrected chi connectivity index (χ2v) is 5.69. The van der Waals surface area contributed by atoms with Crippen LogP contribution in [0.4, 0.5) is 0 Å². The fraction of sp³-hybridized carbons (Fsp3) is 0.857. The van der Waals surface area contributed by atoms with Gasteiger partial charge < -0.3 is 15.4 Å². The smallest absolute Gasteiger partial charge is 0.309 e. The van der Waals surface area contributed by atoms with E-state index >= 15 is 0 Å².